The average molecular weight is 403 g/mol. The fraction of sp³-hybridized carbons (Fsp3) is 0.421. The van der Waals surface area contributed by atoms with Gasteiger partial charge in [-0.3, -0.25) is 4.57 Å². The second kappa shape index (κ2) is 8.29. The fourth-order valence-electron chi connectivity index (χ4n) is 3.41. The molecule has 2 aromatic rings. The topological polar surface area (TPSA) is 124 Å². The molecule has 0 aliphatic carbocycles. The first-order valence-corrected chi connectivity index (χ1v) is 9.09. The van der Waals surface area contributed by atoms with Crippen molar-refractivity contribution >= 4 is 11.8 Å². The van der Waals surface area contributed by atoms with E-state index in [-0.39, 0.29) is 19.0 Å². The number of nitrogens with zero attached hydrogens (tertiary/aromatic N) is 2. The number of benzene rings is 1. The molecule has 2 N–H and O–H groups in total. The molecule has 3 heterocycles. The van der Waals surface area contributed by atoms with Gasteiger partial charge in [-0.2, -0.15) is 4.98 Å². The van der Waals surface area contributed by atoms with E-state index in [1.165, 1.54) is 23.9 Å². The maximum Gasteiger partial charge on any atom is 0.351 e. The first kappa shape index (κ1) is 19.5. The van der Waals surface area contributed by atoms with Gasteiger partial charge in [0.15, 0.2) is 12.5 Å². The molecule has 0 radical (unpaired) electrons. The molecular weight excluding hydrogens is 382 g/mol. The number of ether oxygens (including phenoxy) is 5. The number of carbonyl (C=O) groups is 1. The summed E-state index contributed by atoms with van der Waals surface area (Å²) in [4.78, 5) is 28.2. The summed E-state index contributed by atoms with van der Waals surface area (Å²) in [6.45, 7) is 0.150. The van der Waals surface area contributed by atoms with Crippen molar-refractivity contribution in [1.29, 1.82) is 0 Å². The first-order valence-electron chi connectivity index (χ1n) is 9.09. The van der Waals surface area contributed by atoms with Gasteiger partial charge in [0.2, 0.25) is 0 Å². The quantitative estimate of drug-likeness (QED) is 0.680. The van der Waals surface area contributed by atoms with Crippen LogP contribution in [-0.2, 0) is 23.7 Å². The van der Waals surface area contributed by atoms with Crippen LogP contribution in [0.25, 0.3) is 0 Å². The van der Waals surface area contributed by atoms with Crippen LogP contribution in [0, 0.1) is 0 Å². The van der Waals surface area contributed by atoms with Crippen molar-refractivity contribution in [1.82, 2.24) is 9.55 Å². The predicted octanol–water partition coefficient (Wildman–Crippen LogP) is 0.336. The van der Waals surface area contributed by atoms with Crippen molar-refractivity contribution < 1.29 is 28.5 Å². The molecule has 0 spiro atoms. The molecule has 4 rings (SSSR count). The van der Waals surface area contributed by atoms with Crippen LogP contribution in [0.15, 0.2) is 47.4 Å². The molecule has 29 heavy (non-hydrogen) atoms. The number of hydrogen-bond donors (Lipinski definition) is 1. The summed E-state index contributed by atoms with van der Waals surface area (Å²) < 4.78 is 29.5. The van der Waals surface area contributed by atoms with Crippen LogP contribution in [0.2, 0.25) is 0 Å². The Morgan fingerprint density at radius 2 is 1.90 bits per heavy atom. The van der Waals surface area contributed by atoms with Crippen LogP contribution in [-0.4, -0.2) is 60.4 Å². The largest absolute Gasteiger partial charge is 0.459 e. The molecule has 2 saturated heterocycles. The van der Waals surface area contributed by atoms with Crippen molar-refractivity contribution in [3.63, 3.8) is 0 Å². The lowest BCUT2D eigenvalue weighted by molar-refractivity contribution is -0.168. The number of rotatable bonds is 6. The van der Waals surface area contributed by atoms with Crippen LogP contribution in [0.3, 0.4) is 0 Å². The minimum absolute atomic E-state index is 0.0639. The Morgan fingerprint density at radius 1 is 1.14 bits per heavy atom. The molecular formula is C19H21N3O7. The average Bonchev–Trinajstić information content (AvgIpc) is 3.26. The number of nitrogens with two attached hydrogens (primary N) is 1. The molecule has 154 valence electrons. The van der Waals surface area contributed by atoms with Crippen molar-refractivity contribution in [2.24, 2.45) is 0 Å². The molecule has 10 heteroatoms. The van der Waals surface area contributed by atoms with Crippen molar-refractivity contribution in [3.8, 4) is 0 Å². The molecule has 1 aromatic heterocycles. The molecule has 0 amide bonds. The Balaban J connectivity index is 1.51. The minimum atomic E-state index is -0.803. The number of esters is 1. The first-order chi connectivity index (χ1) is 14.1. The number of anilines is 1. The van der Waals surface area contributed by atoms with Gasteiger partial charge in [0.1, 0.15) is 30.7 Å². The van der Waals surface area contributed by atoms with Crippen LogP contribution >= 0.6 is 0 Å². The van der Waals surface area contributed by atoms with Crippen LogP contribution < -0.4 is 11.4 Å². The summed E-state index contributed by atoms with van der Waals surface area (Å²) in [6.07, 6.45) is -1.72. The summed E-state index contributed by atoms with van der Waals surface area (Å²) in [6, 6.07) is 10.1. The SMILES string of the molecule is COCC1O[C@@H]2[C@H](O1)[C@@H](COC(=O)c1ccccc1)O[C@H]2n1ccc(N)nc1=O. The minimum Gasteiger partial charge on any atom is -0.459 e. The molecule has 0 saturated carbocycles. The number of fused-ring (bicyclic) bond motifs is 1. The molecule has 1 aromatic carbocycles. The summed E-state index contributed by atoms with van der Waals surface area (Å²) in [7, 11) is 1.53. The van der Waals surface area contributed by atoms with E-state index >= 15 is 0 Å². The van der Waals surface area contributed by atoms with Crippen molar-refractivity contribution in [2.45, 2.75) is 30.8 Å². The van der Waals surface area contributed by atoms with E-state index in [1.807, 2.05) is 6.07 Å². The van der Waals surface area contributed by atoms with Gasteiger partial charge in [-0.25, -0.2) is 9.59 Å². The van der Waals surface area contributed by atoms with Gasteiger partial charge < -0.3 is 29.4 Å². The van der Waals surface area contributed by atoms with E-state index in [1.54, 1.807) is 24.3 Å². The molecule has 5 atom stereocenters. The second-order valence-electron chi connectivity index (χ2n) is 6.66. The van der Waals surface area contributed by atoms with Crippen LogP contribution in [0.1, 0.15) is 16.6 Å². The number of carbonyl (C=O) groups excluding carboxylic acids is 1. The van der Waals surface area contributed by atoms with Gasteiger partial charge in [0, 0.05) is 13.3 Å². The van der Waals surface area contributed by atoms with Crippen molar-refractivity contribution in [3.05, 3.63) is 58.6 Å². The van der Waals surface area contributed by atoms with E-state index in [2.05, 4.69) is 4.98 Å². The van der Waals surface area contributed by atoms with Crippen LogP contribution in [0.5, 0.6) is 0 Å². The molecule has 2 fully saturated rings. The van der Waals surface area contributed by atoms with E-state index < -0.39 is 42.5 Å². The smallest absolute Gasteiger partial charge is 0.351 e. The zero-order chi connectivity index (χ0) is 20.4. The van der Waals surface area contributed by atoms with Gasteiger partial charge in [-0.1, -0.05) is 18.2 Å². The summed E-state index contributed by atoms with van der Waals surface area (Å²) in [5, 5.41) is 0. The summed E-state index contributed by atoms with van der Waals surface area (Å²) in [5.74, 6) is -0.372. The van der Waals surface area contributed by atoms with E-state index in [0.29, 0.717) is 5.56 Å². The normalized spacial score (nSPS) is 28.2. The predicted molar refractivity (Wildman–Crippen MR) is 99.0 cm³/mol. The van der Waals surface area contributed by atoms with Gasteiger partial charge >= 0.3 is 11.7 Å². The fourth-order valence-corrected chi connectivity index (χ4v) is 3.41. The lowest BCUT2D eigenvalue weighted by Gasteiger charge is -2.21. The van der Waals surface area contributed by atoms with Crippen LogP contribution in [0.4, 0.5) is 5.82 Å². The third-order valence-electron chi connectivity index (χ3n) is 4.72. The molecule has 2 aliphatic heterocycles. The standard InChI is InChI=1S/C19H21N3O7/c1-25-10-14-28-15-12(9-26-18(23)11-5-3-2-4-6-11)27-17(16(15)29-14)22-8-7-13(20)21-19(22)24/h2-8,12,14-17H,9-10H2,1H3,(H2,20,21,24)/t12-,14?,15-,16-,17-/m1/s1. The van der Waals surface area contributed by atoms with E-state index in [9.17, 15) is 9.59 Å². The number of methoxy groups -OCH3 is 1. The maximum absolute atomic E-state index is 12.3. The number of hydrogen-bond acceptors (Lipinski definition) is 9. The zero-order valence-electron chi connectivity index (χ0n) is 15.7. The Morgan fingerprint density at radius 3 is 2.62 bits per heavy atom. The number of nitrogen functional groups attached to an aromatic ring is 1. The highest BCUT2D eigenvalue weighted by Crippen LogP contribution is 2.39. The van der Waals surface area contributed by atoms with Gasteiger partial charge in [0.05, 0.1) is 12.2 Å². The highest BCUT2D eigenvalue weighted by Gasteiger charge is 2.54. The molecule has 1 unspecified atom stereocenters. The Hall–Kier alpha value is -2.79. The molecule has 10 nitrogen and oxygen atoms in total. The lowest BCUT2D eigenvalue weighted by atomic mass is 10.1. The summed E-state index contributed by atoms with van der Waals surface area (Å²) >= 11 is 0. The van der Waals surface area contributed by atoms with Crippen molar-refractivity contribution in [2.75, 3.05) is 26.1 Å². The third-order valence-corrected chi connectivity index (χ3v) is 4.72. The van der Waals surface area contributed by atoms with E-state index in [0.717, 1.165) is 0 Å². The highest BCUT2D eigenvalue weighted by atomic mass is 16.8. The molecule has 2 aliphatic rings. The van der Waals surface area contributed by atoms with Gasteiger partial charge in [-0.05, 0) is 18.2 Å². The van der Waals surface area contributed by atoms with Gasteiger partial charge in [-0.15, -0.1) is 0 Å². The monoisotopic (exact) mass is 403 g/mol. The summed E-state index contributed by atoms with van der Waals surface area (Å²) in [5.41, 5.74) is 5.42. The zero-order valence-corrected chi connectivity index (χ0v) is 15.7. The number of aromatic nitrogens is 2. The van der Waals surface area contributed by atoms with Gasteiger partial charge in [0.25, 0.3) is 0 Å². The van der Waals surface area contributed by atoms with E-state index in [4.69, 9.17) is 29.4 Å². The highest BCUT2D eigenvalue weighted by molar-refractivity contribution is 5.89. The maximum atomic E-state index is 12.3. The molecule has 0 bridgehead atoms. The Labute approximate surface area is 166 Å². The lowest BCUT2D eigenvalue weighted by Crippen LogP contribution is -2.34. The Kier molecular flexibility index (Phi) is 5.58. The Bertz CT molecular complexity index is 920. The second-order valence-corrected chi connectivity index (χ2v) is 6.66. The third kappa shape index (κ3) is 4.01.